The van der Waals surface area contributed by atoms with Crippen LogP contribution in [0.1, 0.15) is 5.56 Å². The third-order valence-corrected chi connectivity index (χ3v) is 1.36. The predicted molar refractivity (Wildman–Crippen MR) is 57.0 cm³/mol. The Labute approximate surface area is 91.1 Å². The van der Waals surface area contributed by atoms with E-state index in [9.17, 15) is 8.78 Å². The van der Waals surface area contributed by atoms with Crippen molar-refractivity contribution in [2.45, 2.75) is 0 Å². The molecule has 0 aromatic heterocycles. The monoisotopic (exact) mass is 234 g/mol. The van der Waals surface area contributed by atoms with Crippen LogP contribution in [0, 0.1) is 11.6 Å². The van der Waals surface area contributed by atoms with Crippen LogP contribution < -0.4 is 11.5 Å². The number of guanidine groups is 1. The maximum Gasteiger partial charge on any atom is 0.211 e. The van der Waals surface area contributed by atoms with Gasteiger partial charge in [-0.1, -0.05) is 6.07 Å². The summed E-state index contributed by atoms with van der Waals surface area (Å²) >= 11 is 0. The Hall–Kier alpha value is -1.69. The van der Waals surface area contributed by atoms with E-state index in [0.717, 1.165) is 18.3 Å². The van der Waals surface area contributed by atoms with E-state index in [1.54, 1.807) is 0 Å². The molecule has 0 aliphatic rings. The van der Waals surface area contributed by atoms with Crippen LogP contribution in [-0.2, 0) is 0 Å². The molecule has 82 valence electrons. The van der Waals surface area contributed by atoms with Gasteiger partial charge in [0.15, 0.2) is 0 Å². The third kappa shape index (κ3) is 3.90. The lowest BCUT2D eigenvalue weighted by atomic mass is 10.2. The van der Waals surface area contributed by atoms with Crippen LogP contribution >= 0.6 is 12.4 Å². The van der Waals surface area contributed by atoms with Gasteiger partial charge in [-0.05, 0) is 12.1 Å². The molecule has 0 bridgehead atoms. The second-order valence-electron chi connectivity index (χ2n) is 2.40. The lowest BCUT2D eigenvalue weighted by Crippen LogP contribution is -2.21. The second-order valence-corrected chi connectivity index (χ2v) is 2.40. The lowest BCUT2D eigenvalue weighted by Gasteiger charge is -1.95. The molecule has 0 aliphatic carbocycles. The van der Waals surface area contributed by atoms with E-state index in [4.69, 9.17) is 11.5 Å². The first kappa shape index (κ1) is 13.3. The van der Waals surface area contributed by atoms with Crippen LogP contribution in [0.3, 0.4) is 0 Å². The van der Waals surface area contributed by atoms with Gasteiger partial charge in [-0.25, -0.2) is 8.78 Å². The van der Waals surface area contributed by atoms with Crippen molar-refractivity contribution in [3.63, 3.8) is 0 Å². The van der Waals surface area contributed by atoms with Crippen LogP contribution in [0.25, 0.3) is 0 Å². The Bertz CT molecular complexity index is 368. The van der Waals surface area contributed by atoms with Crippen LogP contribution in [0.5, 0.6) is 0 Å². The smallest absolute Gasteiger partial charge is 0.211 e. The highest BCUT2D eigenvalue weighted by Gasteiger charge is 2.04. The van der Waals surface area contributed by atoms with Crippen molar-refractivity contribution in [3.05, 3.63) is 35.4 Å². The van der Waals surface area contributed by atoms with Gasteiger partial charge < -0.3 is 11.5 Å². The fourth-order valence-corrected chi connectivity index (χ4v) is 0.787. The molecular weight excluding hydrogens is 226 g/mol. The number of nitrogens with two attached hydrogens (primary N) is 2. The summed E-state index contributed by atoms with van der Waals surface area (Å²) in [4.78, 5) is 0. The molecule has 0 amide bonds. The molecule has 4 nitrogen and oxygen atoms in total. The van der Waals surface area contributed by atoms with E-state index in [-0.39, 0.29) is 23.9 Å². The summed E-state index contributed by atoms with van der Waals surface area (Å²) < 4.78 is 25.9. The van der Waals surface area contributed by atoms with Gasteiger partial charge in [0.1, 0.15) is 11.6 Å². The van der Waals surface area contributed by atoms with Crippen molar-refractivity contribution >= 4 is 24.6 Å². The highest BCUT2D eigenvalue weighted by molar-refractivity contribution is 5.85. The first-order chi connectivity index (χ1) is 6.61. The number of hydrogen-bond acceptors (Lipinski definition) is 2. The van der Waals surface area contributed by atoms with E-state index in [1.165, 1.54) is 6.07 Å². The van der Waals surface area contributed by atoms with Crippen LogP contribution in [0.15, 0.2) is 28.4 Å². The zero-order chi connectivity index (χ0) is 10.6. The van der Waals surface area contributed by atoms with Crippen LogP contribution in [0.2, 0.25) is 0 Å². The minimum absolute atomic E-state index is 0. The molecule has 15 heavy (non-hydrogen) atoms. The first-order valence-corrected chi connectivity index (χ1v) is 3.67. The summed E-state index contributed by atoms with van der Waals surface area (Å²) in [7, 11) is 0. The Kier molecular flexibility index (Phi) is 5.25. The molecule has 7 heteroatoms. The molecule has 1 aromatic carbocycles. The molecule has 0 saturated carbocycles. The minimum Gasteiger partial charge on any atom is -0.369 e. The van der Waals surface area contributed by atoms with Gasteiger partial charge in [0.2, 0.25) is 5.96 Å². The quantitative estimate of drug-likeness (QED) is 0.455. The largest absolute Gasteiger partial charge is 0.369 e. The highest BCUT2D eigenvalue weighted by Crippen LogP contribution is 2.08. The average molecular weight is 235 g/mol. The SMILES string of the molecule is Cl.NC(N)=NN=Cc1c(F)cccc1F. The summed E-state index contributed by atoms with van der Waals surface area (Å²) in [5.74, 6) is -1.72. The van der Waals surface area contributed by atoms with Crippen molar-refractivity contribution in [2.75, 3.05) is 0 Å². The topological polar surface area (TPSA) is 76.8 Å². The number of benzene rings is 1. The van der Waals surface area contributed by atoms with E-state index >= 15 is 0 Å². The van der Waals surface area contributed by atoms with Gasteiger partial charge in [-0.15, -0.1) is 17.5 Å². The number of nitrogens with zero attached hydrogens (tertiary/aromatic N) is 2. The first-order valence-electron chi connectivity index (χ1n) is 3.67. The summed E-state index contributed by atoms with van der Waals surface area (Å²) in [6.45, 7) is 0. The van der Waals surface area contributed by atoms with Crippen molar-refractivity contribution in [1.82, 2.24) is 0 Å². The summed E-state index contributed by atoms with van der Waals surface area (Å²) in [6.07, 6.45) is 0.907. The molecular formula is C8H9ClF2N4. The number of rotatable bonds is 2. The fraction of sp³-hybridized carbons (Fsp3) is 0. The lowest BCUT2D eigenvalue weighted by molar-refractivity contribution is 0.580. The van der Waals surface area contributed by atoms with Crippen molar-refractivity contribution < 1.29 is 8.78 Å². The van der Waals surface area contributed by atoms with Gasteiger partial charge in [0.05, 0.1) is 11.8 Å². The predicted octanol–water partition coefficient (Wildman–Crippen LogP) is 0.994. The van der Waals surface area contributed by atoms with Gasteiger partial charge in [-0.2, -0.15) is 5.10 Å². The molecule has 0 saturated heterocycles. The Morgan fingerprint density at radius 3 is 2.20 bits per heavy atom. The third-order valence-electron chi connectivity index (χ3n) is 1.36. The van der Waals surface area contributed by atoms with Gasteiger partial charge in [0, 0.05) is 0 Å². The molecule has 0 fully saturated rings. The molecule has 0 aliphatic heterocycles. The Balaban J connectivity index is 0.00000196. The molecule has 0 unspecified atom stereocenters. The molecule has 0 heterocycles. The highest BCUT2D eigenvalue weighted by atomic mass is 35.5. The van der Waals surface area contributed by atoms with Crippen molar-refractivity contribution in [1.29, 1.82) is 0 Å². The second kappa shape index (κ2) is 5.92. The maximum absolute atomic E-state index is 12.9. The zero-order valence-corrected chi connectivity index (χ0v) is 8.34. The van der Waals surface area contributed by atoms with Gasteiger partial charge in [-0.3, -0.25) is 0 Å². The zero-order valence-electron chi connectivity index (χ0n) is 7.52. The maximum atomic E-state index is 12.9. The van der Waals surface area contributed by atoms with Crippen LogP contribution in [-0.4, -0.2) is 12.2 Å². The van der Waals surface area contributed by atoms with Gasteiger partial charge >= 0.3 is 0 Å². The Morgan fingerprint density at radius 2 is 1.73 bits per heavy atom. The minimum atomic E-state index is -0.723. The van der Waals surface area contributed by atoms with Crippen LogP contribution in [0.4, 0.5) is 8.78 Å². The van der Waals surface area contributed by atoms with E-state index in [2.05, 4.69) is 10.2 Å². The van der Waals surface area contributed by atoms with E-state index < -0.39 is 11.6 Å². The number of halogens is 3. The standard InChI is InChI=1S/C8H8F2N4.ClH/c9-6-2-1-3-7(10)5(6)4-13-14-8(11)12;/h1-4H,(H4,11,12,14);1H. The molecule has 4 N–H and O–H groups in total. The molecule has 0 atom stereocenters. The van der Waals surface area contributed by atoms with Crippen molar-refractivity contribution in [3.8, 4) is 0 Å². The number of hydrogen-bond donors (Lipinski definition) is 2. The summed E-state index contributed by atoms with van der Waals surface area (Å²) in [5.41, 5.74) is 9.64. The molecule has 0 radical (unpaired) electrons. The molecule has 0 spiro atoms. The van der Waals surface area contributed by atoms with E-state index in [0.29, 0.717) is 0 Å². The molecule has 1 rings (SSSR count). The molecule has 1 aromatic rings. The average Bonchev–Trinajstić information content (AvgIpc) is 2.09. The Morgan fingerprint density at radius 1 is 1.20 bits per heavy atom. The van der Waals surface area contributed by atoms with Crippen molar-refractivity contribution in [2.24, 2.45) is 21.7 Å². The summed E-state index contributed by atoms with van der Waals surface area (Å²) in [6, 6.07) is 3.47. The normalized spacial score (nSPS) is 9.73. The summed E-state index contributed by atoms with van der Waals surface area (Å²) in [5, 5.41) is 6.51. The van der Waals surface area contributed by atoms with Gasteiger partial charge in [0.25, 0.3) is 0 Å². The van der Waals surface area contributed by atoms with E-state index in [1.807, 2.05) is 0 Å². The fourth-order valence-electron chi connectivity index (χ4n) is 0.787.